The number of likely N-dealkylation sites (N-methyl/N-ethyl adjacent to an activating group) is 1. The lowest BCUT2D eigenvalue weighted by Gasteiger charge is -2.24. The van der Waals surface area contributed by atoms with Crippen LogP contribution in [0.1, 0.15) is 26.6 Å². The average Bonchev–Trinajstić information content (AvgIpc) is 3.07. The number of carbonyl (C=O) groups is 1. The van der Waals surface area contributed by atoms with Crippen LogP contribution in [0, 0.1) is 20.8 Å². The summed E-state index contributed by atoms with van der Waals surface area (Å²) in [6, 6.07) is 10.3. The van der Waals surface area contributed by atoms with E-state index >= 15 is 0 Å². The predicted octanol–water partition coefficient (Wildman–Crippen LogP) is 4.26. The quantitative estimate of drug-likeness (QED) is 0.544. The van der Waals surface area contributed by atoms with Gasteiger partial charge in [0.05, 0.1) is 17.1 Å². The largest absolute Gasteiger partial charge is 0.337 e. The molecule has 158 valence electrons. The van der Waals surface area contributed by atoms with Crippen molar-refractivity contribution in [2.24, 2.45) is 0 Å². The summed E-state index contributed by atoms with van der Waals surface area (Å²) in [4.78, 5) is 27.4. The summed E-state index contributed by atoms with van der Waals surface area (Å²) in [6.07, 6.45) is 3.95. The first-order chi connectivity index (χ1) is 14.3. The van der Waals surface area contributed by atoms with E-state index in [1.165, 1.54) is 11.1 Å². The molecule has 0 fully saturated rings. The third kappa shape index (κ3) is 5.74. The molecule has 6 heteroatoms. The number of aryl methyl sites for hydroxylation is 3. The lowest BCUT2D eigenvalue weighted by molar-refractivity contribution is -0.131. The molecule has 5 nitrogen and oxygen atoms in total. The number of hydrogen-bond acceptors (Lipinski definition) is 5. The number of pyridine rings is 1. The normalized spacial score (nSPS) is 11.1. The SMILES string of the molecule is Cc1ccc(C)c(-c2nc(C)sc2CC(=O)N(CCN(C)C)Cc2cccnc2)c1. The Bertz CT molecular complexity index is 998. The molecular formula is C24H30N4OS. The third-order valence-electron chi connectivity index (χ3n) is 5.03. The highest BCUT2D eigenvalue weighted by atomic mass is 32.1. The van der Waals surface area contributed by atoms with Crippen molar-refractivity contribution >= 4 is 17.2 Å². The van der Waals surface area contributed by atoms with E-state index < -0.39 is 0 Å². The fraction of sp³-hybridized carbons (Fsp3) is 0.375. The van der Waals surface area contributed by atoms with Crippen molar-refractivity contribution in [3.05, 3.63) is 69.3 Å². The van der Waals surface area contributed by atoms with Crippen LogP contribution in [-0.4, -0.2) is 52.9 Å². The lowest BCUT2D eigenvalue weighted by Crippen LogP contribution is -2.37. The molecule has 0 bridgehead atoms. The van der Waals surface area contributed by atoms with Gasteiger partial charge < -0.3 is 9.80 Å². The molecule has 2 heterocycles. The summed E-state index contributed by atoms with van der Waals surface area (Å²) in [5.74, 6) is 0.121. The number of aromatic nitrogens is 2. The number of rotatable bonds is 8. The molecule has 0 aliphatic carbocycles. The molecule has 0 saturated heterocycles. The van der Waals surface area contributed by atoms with Gasteiger partial charge in [0.25, 0.3) is 0 Å². The minimum atomic E-state index is 0.121. The maximum atomic E-state index is 13.3. The minimum Gasteiger partial charge on any atom is -0.337 e. The highest BCUT2D eigenvalue weighted by Crippen LogP contribution is 2.31. The van der Waals surface area contributed by atoms with Crippen LogP contribution < -0.4 is 0 Å². The van der Waals surface area contributed by atoms with Crippen LogP contribution in [0.2, 0.25) is 0 Å². The average molecular weight is 423 g/mol. The van der Waals surface area contributed by atoms with Gasteiger partial charge >= 0.3 is 0 Å². The second kappa shape index (κ2) is 9.96. The summed E-state index contributed by atoms with van der Waals surface area (Å²) >= 11 is 1.62. The second-order valence-corrected chi connectivity index (χ2v) is 9.27. The maximum Gasteiger partial charge on any atom is 0.228 e. The van der Waals surface area contributed by atoms with E-state index in [1.54, 1.807) is 17.5 Å². The first-order valence-electron chi connectivity index (χ1n) is 10.2. The Kier molecular flexibility index (Phi) is 7.34. The Morgan fingerprint density at radius 3 is 2.60 bits per heavy atom. The Morgan fingerprint density at radius 2 is 1.90 bits per heavy atom. The van der Waals surface area contributed by atoms with Crippen molar-refractivity contribution in [2.45, 2.75) is 33.7 Å². The monoisotopic (exact) mass is 422 g/mol. The number of hydrogen-bond donors (Lipinski definition) is 0. The molecule has 0 saturated carbocycles. The topological polar surface area (TPSA) is 49.3 Å². The lowest BCUT2D eigenvalue weighted by atomic mass is 10.0. The van der Waals surface area contributed by atoms with Crippen molar-refractivity contribution in [2.75, 3.05) is 27.2 Å². The molecule has 0 N–H and O–H groups in total. The summed E-state index contributed by atoms with van der Waals surface area (Å²) in [7, 11) is 4.05. The fourth-order valence-electron chi connectivity index (χ4n) is 3.36. The molecule has 0 unspecified atom stereocenters. The molecule has 3 rings (SSSR count). The molecule has 1 amide bonds. The van der Waals surface area contributed by atoms with E-state index in [4.69, 9.17) is 4.98 Å². The zero-order valence-corrected chi connectivity index (χ0v) is 19.3. The minimum absolute atomic E-state index is 0.121. The molecule has 0 aliphatic rings. The van der Waals surface area contributed by atoms with Crippen LogP contribution in [0.15, 0.2) is 42.7 Å². The van der Waals surface area contributed by atoms with Crippen LogP contribution in [0.3, 0.4) is 0 Å². The van der Waals surface area contributed by atoms with Gasteiger partial charge in [-0.05, 0) is 58.1 Å². The van der Waals surface area contributed by atoms with Crippen LogP contribution in [-0.2, 0) is 17.8 Å². The molecule has 0 spiro atoms. The molecule has 0 aliphatic heterocycles. The molecular weight excluding hydrogens is 392 g/mol. The van der Waals surface area contributed by atoms with Gasteiger partial charge in [0.1, 0.15) is 0 Å². The zero-order valence-electron chi connectivity index (χ0n) is 18.5. The van der Waals surface area contributed by atoms with E-state index in [9.17, 15) is 4.79 Å². The van der Waals surface area contributed by atoms with Gasteiger partial charge in [-0.3, -0.25) is 9.78 Å². The van der Waals surface area contributed by atoms with Gasteiger partial charge in [-0.2, -0.15) is 0 Å². The van der Waals surface area contributed by atoms with E-state index in [2.05, 4.69) is 41.9 Å². The number of amides is 1. The summed E-state index contributed by atoms with van der Waals surface area (Å²) < 4.78 is 0. The molecule has 1 aromatic carbocycles. The second-order valence-electron chi connectivity index (χ2n) is 7.98. The van der Waals surface area contributed by atoms with Gasteiger partial charge in [-0.15, -0.1) is 11.3 Å². The van der Waals surface area contributed by atoms with Crippen molar-refractivity contribution < 1.29 is 4.79 Å². The maximum absolute atomic E-state index is 13.3. The van der Waals surface area contributed by atoms with E-state index in [1.807, 2.05) is 44.2 Å². The Labute approximate surface area is 183 Å². The zero-order chi connectivity index (χ0) is 21.7. The highest BCUT2D eigenvalue weighted by molar-refractivity contribution is 7.12. The predicted molar refractivity (Wildman–Crippen MR) is 124 cm³/mol. The first kappa shape index (κ1) is 22.1. The van der Waals surface area contributed by atoms with Crippen molar-refractivity contribution in [1.82, 2.24) is 19.8 Å². The Hall–Kier alpha value is -2.57. The third-order valence-corrected chi connectivity index (χ3v) is 6.00. The Morgan fingerprint density at radius 1 is 1.10 bits per heavy atom. The molecule has 30 heavy (non-hydrogen) atoms. The molecule has 0 radical (unpaired) electrons. The van der Waals surface area contributed by atoms with Gasteiger partial charge in [-0.1, -0.05) is 23.8 Å². The molecule has 3 aromatic rings. The number of nitrogens with zero attached hydrogens (tertiary/aromatic N) is 4. The van der Waals surface area contributed by atoms with Gasteiger partial charge in [0, 0.05) is 42.5 Å². The van der Waals surface area contributed by atoms with E-state index in [-0.39, 0.29) is 5.91 Å². The first-order valence-corrected chi connectivity index (χ1v) is 11.0. The molecule has 2 aromatic heterocycles. The number of thiazole rings is 1. The van der Waals surface area contributed by atoms with Crippen LogP contribution >= 0.6 is 11.3 Å². The van der Waals surface area contributed by atoms with Crippen molar-refractivity contribution in [3.8, 4) is 11.3 Å². The summed E-state index contributed by atoms with van der Waals surface area (Å²) in [5, 5.41) is 0.987. The van der Waals surface area contributed by atoms with E-state index in [0.717, 1.165) is 33.3 Å². The van der Waals surface area contributed by atoms with Crippen LogP contribution in [0.4, 0.5) is 0 Å². The van der Waals surface area contributed by atoms with Crippen molar-refractivity contribution in [1.29, 1.82) is 0 Å². The van der Waals surface area contributed by atoms with Gasteiger partial charge in [0.2, 0.25) is 5.91 Å². The molecule has 0 atom stereocenters. The van der Waals surface area contributed by atoms with Crippen molar-refractivity contribution in [3.63, 3.8) is 0 Å². The smallest absolute Gasteiger partial charge is 0.228 e. The Balaban J connectivity index is 1.85. The van der Waals surface area contributed by atoms with Crippen LogP contribution in [0.5, 0.6) is 0 Å². The summed E-state index contributed by atoms with van der Waals surface area (Å²) in [5.41, 5.74) is 5.48. The van der Waals surface area contributed by atoms with E-state index in [0.29, 0.717) is 19.5 Å². The number of benzene rings is 1. The highest BCUT2D eigenvalue weighted by Gasteiger charge is 2.20. The standard InChI is InChI=1S/C24H30N4OS/c1-17-8-9-18(2)21(13-17)24-22(30-19(3)26-24)14-23(29)28(12-11-27(4)5)16-20-7-6-10-25-15-20/h6-10,13,15H,11-12,14,16H2,1-5H3. The number of carbonyl (C=O) groups excluding carboxylic acids is 1. The van der Waals surface area contributed by atoms with Crippen LogP contribution in [0.25, 0.3) is 11.3 Å². The van der Waals surface area contributed by atoms with Gasteiger partial charge in [0.15, 0.2) is 0 Å². The summed E-state index contributed by atoms with van der Waals surface area (Å²) in [6.45, 7) is 8.25. The fourth-order valence-corrected chi connectivity index (χ4v) is 4.31. The van der Waals surface area contributed by atoms with Gasteiger partial charge in [-0.25, -0.2) is 4.98 Å².